The summed E-state index contributed by atoms with van der Waals surface area (Å²) in [7, 11) is 2.25. The molecule has 0 N–H and O–H groups in total. The van der Waals surface area contributed by atoms with Gasteiger partial charge in [0.25, 0.3) is 5.91 Å². The van der Waals surface area contributed by atoms with Crippen molar-refractivity contribution in [2.75, 3.05) is 13.6 Å². The smallest absolute Gasteiger partial charge is 0.272 e. The van der Waals surface area contributed by atoms with Crippen LogP contribution >= 0.6 is 0 Å². The summed E-state index contributed by atoms with van der Waals surface area (Å²) >= 11 is 0. The topological polar surface area (TPSA) is 49.3 Å². The maximum absolute atomic E-state index is 13.0. The standard InChI is InChI=1S/C17H24N4O/c1-17-9-12-10-21(16(22)13-7-8-18-11-19-13)15(17)6-4-3-5-14(17)20(12)2/h7-8,11-12,14-15H,3-6,9-10H2,1-2H3/t12-,14-,15+,17-/m0/s1. The van der Waals surface area contributed by atoms with Gasteiger partial charge in [0.2, 0.25) is 0 Å². The van der Waals surface area contributed by atoms with Crippen LogP contribution in [-0.2, 0) is 0 Å². The number of rotatable bonds is 1. The van der Waals surface area contributed by atoms with Gasteiger partial charge in [0.15, 0.2) is 0 Å². The van der Waals surface area contributed by atoms with Gasteiger partial charge in [-0.05, 0) is 32.4 Å². The Hall–Kier alpha value is -1.49. The SMILES string of the molecule is CN1[C@@H]2CN(C(=O)c3ccncn3)[C@@H]3CCCC[C@H]1[C@]3(C)C2. The van der Waals surface area contributed by atoms with E-state index in [0.717, 1.165) is 13.0 Å². The molecule has 0 radical (unpaired) electrons. The zero-order valence-corrected chi connectivity index (χ0v) is 13.4. The average molecular weight is 300 g/mol. The monoisotopic (exact) mass is 300 g/mol. The fourth-order valence-corrected chi connectivity index (χ4v) is 5.25. The van der Waals surface area contributed by atoms with Gasteiger partial charge in [0.05, 0.1) is 0 Å². The molecule has 4 rings (SSSR count). The molecule has 1 aliphatic carbocycles. The Morgan fingerprint density at radius 2 is 2.09 bits per heavy atom. The lowest BCUT2D eigenvalue weighted by molar-refractivity contribution is 0.0279. The Morgan fingerprint density at radius 1 is 1.32 bits per heavy atom. The van der Waals surface area contributed by atoms with Crippen LogP contribution in [0.15, 0.2) is 18.6 Å². The van der Waals surface area contributed by atoms with Gasteiger partial charge in [0.1, 0.15) is 12.0 Å². The zero-order valence-electron chi connectivity index (χ0n) is 13.4. The number of amides is 1. The van der Waals surface area contributed by atoms with Crippen molar-refractivity contribution < 1.29 is 4.79 Å². The summed E-state index contributed by atoms with van der Waals surface area (Å²) in [6, 6.07) is 3.20. The number of carbonyl (C=O) groups is 1. The van der Waals surface area contributed by atoms with Gasteiger partial charge >= 0.3 is 0 Å². The van der Waals surface area contributed by atoms with Gasteiger partial charge in [-0.25, -0.2) is 9.97 Å². The zero-order chi connectivity index (χ0) is 15.3. The van der Waals surface area contributed by atoms with Crippen molar-refractivity contribution in [2.24, 2.45) is 5.41 Å². The molecule has 1 saturated carbocycles. The van der Waals surface area contributed by atoms with E-state index in [-0.39, 0.29) is 11.3 Å². The quantitative estimate of drug-likeness (QED) is 0.795. The van der Waals surface area contributed by atoms with Crippen LogP contribution in [-0.4, -0.2) is 57.4 Å². The molecule has 2 bridgehead atoms. The second kappa shape index (κ2) is 5.01. The molecule has 1 aromatic rings. The normalized spacial score (nSPS) is 37.9. The lowest BCUT2D eigenvalue weighted by Gasteiger charge is -2.46. The summed E-state index contributed by atoms with van der Waals surface area (Å²) in [6.07, 6.45) is 9.26. The Balaban J connectivity index is 1.71. The van der Waals surface area contributed by atoms with Crippen LogP contribution in [0.4, 0.5) is 0 Å². The highest BCUT2D eigenvalue weighted by Crippen LogP contribution is 2.52. The minimum atomic E-state index is 0.0827. The Labute approximate surface area is 131 Å². The summed E-state index contributed by atoms with van der Waals surface area (Å²) in [5.41, 5.74) is 0.764. The van der Waals surface area contributed by atoms with Gasteiger partial charge in [-0.1, -0.05) is 19.8 Å². The Morgan fingerprint density at radius 3 is 2.82 bits per heavy atom. The van der Waals surface area contributed by atoms with Crippen molar-refractivity contribution >= 4 is 5.91 Å². The molecule has 5 heteroatoms. The lowest BCUT2D eigenvalue weighted by Crippen LogP contribution is -2.55. The van der Waals surface area contributed by atoms with Gasteiger partial charge in [-0.3, -0.25) is 9.69 Å². The van der Waals surface area contributed by atoms with Crippen molar-refractivity contribution in [3.63, 3.8) is 0 Å². The van der Waals surface area contributed by atoms with Crippen LogP contribution in [0.5, 0.6) is 0 Å². The number of fused-ring (bicyclic) bond motifs is 1. The van der Waals surface area contributed by atoms with Crippen molar-refractivity contribution in [2.45, 2.75) is 57.2 Å². The van der Waals surface area contributed by atoms with Crippen molar-refractivity contribution in [3.05, 3.63) is 24.3 Å². The number of piperidine rings is 1. The average Bonchev–Trinajstić information content (AvgIpc) is 2.67. The predicted octanol–water partition coefficient (Wildman–Crippen LogP) is 1.95. The van der Waals surface area contributed by atoms with E-state index in [1.165, 1.54) is 32.0 Å². The van der Waals surface area contributed by atoms with Crippen LogP contribution in [0.3, 0.4) is 0 Å². The van der Waals surface area contributed by atoms with E-state index in [1.807, 2.05) is 0 Å². The minimum absolute atomic E-state index is 0.0827. The highest BCUT2D eigenvalue weighted by atomic mass is 16.2. The number of likely N-dealkylation sites (tertiary alicyclic amines) is 2. The Kier molecular flexibility index (Phi) is 3.22. The second-order valence-corrected chi connectivity index (χ2v) is 7.40. The fourth-order valence-electron chi connectivity index (χ4n) is 5.25. The molecule has 3 fully saturated rings. The van der Waals surface area contributed by atoms with Crippen molar-refractivity contribution in [3.8, 4) is 0 Å². The molecule has 1 amide bonds. The first-order valence-corrected chi connectivity index (χ1v) is 8.40. The van der Waals surface area contributed by atoms with E-state index >= 15 is 0 Å². The van der Waals surface area contributed by atoms with E-state index in [1.54, 1.807) is 12.3 Å². The number of nitrogens with zero attached hydrogens (tertiary/aromatic N) is 4. The summed E-state index contributed by atoms with van der Waals surface area (Å²) in [5, 5.41) is 0. The van der Waals surface area contributed by atoms with Crippen molar-refractivity contribution in [1.82, 2.24) is 19.8 Å². The van der Waals surface area contributed by atoms with Gasteiger partial charge in [0, 0.05) is 36.3 Å². The molecule has 3 aliphatic rings. The third-order valence-electron chi connectivity index (χ3n) is 6.32. The fraction of sp³-hybridized carbons (Fsp3) is 0.706. The van der Waals surface area contributed by atoms with E-state index in [9.17, 15) is 4.79 Å². The molecule has 0 spiro atoms. The first-order chi connectivity index (χ1) is 10.6. The van der Waals surface area contributed by atoms with Crippen molar-refractivity contribution in [1.29, 1.82) is 0 Å². The molecular weight excluding hydrogens is 276 g/mol. The van der Waals surface area contributed by atoms with E-state index in [4.69, 9.17) is 0 Å². The first-order valence-electron chi connectivity index (χ1n) is 8.40. The minimum Gasteiger partial charge on any atom is -0.332 e. The predicted molar refractivity (Wildman–Crippen MR) is 83.4 cm³/mol. The highest BCUT2D eigenvalue weighted by Gasteiger charge is 2.58. The number of aromatic nitrogens is 2. The van der Waals surface area contributed by atoms with Gasteiger partial charge < -0.3 is 4.90 Å². The molecular formula is C17H24N4O. The number of hydrogen-bond donors (Lipinski definition) is 0. The summed E-state index contributed by atoms with van der Waals surface area (Å²) < 4.78 is 0. The maximum Gasteiger partial charge on any atom is 0.272 e. The maximum atomic E-state index is 13.0. The molecule has 4 atom stereocenters. The van der Waals surface area contributed by atoms with Crippen LogP contribution in [0.1, 0.15) is 49.5 Å². The molecule has 1 aromatic heterocycles. The van der Waals surface area contributed by atoms with E-state index in [2.05, 4.69) is 33.7 Å². The second-order valence-electron chi connectivity index (χ2n) is 7.40. The summed E-state index contributed by atoms with van der Waals surface area (Å²) in [4.78, 5) is 25.8. The molecule has 22 heavy (non-hydrogen) atoms. The highest BCUT2D eigenvalue weighted by molar-refractivity contribution is 5.92. The van der Waals surface area contributed by atoms with Crippen LogP contribution < -0.4 is 0 Å². The summed E-state index contributed by atoms with van der Waals surface area (Å²) in [6.45, 7) is 3.25. The Bertz CT molecular complexity index is 577. The molecule has 5 nitrogen and oxygen atoms in total. The van der Waals surface area contributed by atoms with Gasteiger partial charge in [-0.2, -0.15) is 0 Å². The van der Waals surface area contributed by atoms with Gasteiger partial charge in [-0.15, -0.1) is 0 Å². The van der Waals surface area contributed by atoms with E-state index < -0.39 is 0 Å². The third-order valence-corrected chi connectivity index (χ3v) is 6.32. The van der Waals surface area contributed by atoms with Crippen LogP contribution in [0.2, 0.25) is 0 Å². The molecule has 3 heterocycles. The molecule has 0 aromatic carbocycles. The molecule has 118 valence electrons. The summed E-state index contributed by atoms with van der Waals surface area (Å²) in [5.74, 6) is 0.0827. The number of hydrogen-bond acceptors (Lipinski definition) is 4. The van der Waals surface area contributed by atoms with E-state index in [0.29, 0.717) is 23.8 Å². The molecule has 0 unspecified atom stereocenters. The lowest BCUT2D eigenvalue weighted by atomic mass is 9.71. The number of likely N-dealkylation sites (N-methyl/N-ethyl adjacent to an activating group) is 1. The third kappa shape index (κ3) is 1.91. The largest absolute Gasteiger partial charge is 0.332 e. The van der Waals surface area contributed by atoms with Crippen LogP contribution in [0, 0.1) is 5.41 Å². The first kappa shape index (κ1) is 14.1. The molecule has 2 saturated heterocycles. The van der Waals surface area contributed by atoms with Crippen LogP contribution in [0.25, 0.3) is 0 Å². The number of carbonyl (C=O) groups excluding carboxylic acids is 1. The molecule has 2 aliphatic heterocycles.